The molecule has 16 unspecified atom stereocenters. The average molecular weight is 847 g/mol. The maximum absolute atomic E-state index is 13.4. The second-order valence-electron chi connectivity index (χ2n) is 24.4. The smallest absolute Gasteiger partial charge is 0.311 e. The Balaban J connectivity index is 0.000000156. The summed E-state index contributed by atoms with van der Waals surface area (Å²) in [6, 6.07) is 0. The van der Waals surface area contributed by atoms with Gasteiger partial charge in [-0.2, -0.15) is 0 Å². The van der Waals surface area contributed by atoms with Gasteiger partial charge in [0.1, 0.15) is 23.4 Å². The lowest BCUT2D eigenvalue weighted by molar-refractivity contribution is -0.175. The van der Waals surface area contributed by atoms with E-state index in [0.717, 1.165) is 82.5 Å². The Bertz CT molecular complexity index is 1670. The maximum Gasteiger partial charge on any atom is 0.311 e. The number of hydrogen-bond donors (Lipinski definition) is 0. The second kappa shape index (κ2) is 16.4. The van der Waals surface area contributed by atoms with Crippen LogP contribution in [0.2, 0.25) is 0 Å². The van der Waals surface area contributed by atoms with Crippen LogP contribution >= 0.6 is 0 Å². The largest absolute Gasteiger partial charge is 0.462 e. The van der Waals surface area contributed by atoms with Gasteiger partial charge in [-0.1, -0.05) is 33.6 Å². The van der Waals surface area contributed by atoms with Gasteiger partial charge in [-0.15, -0.1) is 0 Å². The zero-order valence-electron chi connectivity index (χ0n) is 39.4. The lowest BCUT2D eigenvalue weighted by Gasteiger charge is -2.42. The molecule has 0 aromatic carbocycles. The summed E-state index contributed by atoms with van der Waals surface area (Å²) >= 11 is 0. The maximum atomic E-state index is 13.4. The standard InChI is InChI=1S/C27H42O4.C26H40O4/c1-5-26(3,4)25(29)30-21-15-17-14-20(21)23-18-12-16(22(17)23)13-19(18)24(28)31-27(6-2)10-8-7-9-11-27;1-5-25(2,3)24(28)29-20-14-16-13-19(20)22-17-11-15(21(16)22)12-18(17)23(27)30-26(4)9-7-6-8-10-26/h16-23H,5-15H2,1-4H3;15-22H,5-14H2,1-4H3. The molecule has 0 heterocycles. The molecule has 342 valence electrons. The molecule has 0 aliphatic heterocycles. The molecule has 61 heavy (non-hydrogen) atoms. The zero-order chi connectivity index (χ0) is 43.2. The first-order valence-electron chi connectivity index (χ1n) is 25.9. The van der Waals surface area contributed by atoms with Gasteiger partial charge in [0, 0.05) is 0 Å². The lowest BCUT2D eigenvalue weighted by atomic mass is 9.66. The van der Waals surface area contributed by atoms with Gasteiger partial charge in [0.2, 0.25) is 0 Å². The van der Waals surface area contributed by atoms with Crippen molar-refractivity contribution < 1.29 is 38.1 Å². The number of carbonyl (C=O) groups is 4. The highest BCUT2D eigenvalue weighted by atomic mass is 16.6. The van der Waals surface area contributed by atoms with E-state index in [-0.39, 0.29) is 59.1 Å². The Kier molecular flexibility index (Phi) is 11.9. The second-order valence-corrected chi connectivity index (χ2v) is 24.4. The van der Waals surface area contributed by atoms with Crippen LogP contribution in [0.25, 0.3) is 0 Å². The third kappa shape index (κ3) is 7.73. The molecule has 10 fully saturated rings. The van der Waals surface area contributed by atoms with E-state index in [1.54, 1.807) is 0 Å². The van der Waals surface area contributed by atoms with E-state index < -0.39 is 10.8 Å². The molecule has 10 rings (SSSR count). The molecule has 8 heteroatoms. The highest BCUT2D eigenvalue weighted by molar-refractivity contribution is 5.77. The number of rotatable bonds is 11. The highest BCUT2D eigenvalue weighted by Gasteiger charge is 2.68. The molecule has 0 amide bonds. The highest BCUT2D eigenvalue weighted by Crippen LogP contribution is 2.71. The summed E-state index contributed by atoms with van der Waals surface area (Å²) in [7, 11) is 0. The van der Waals surface area contributed by atoms with Gasteiger partial charge in [-0.05, 0) is 228 Å². The number of hydrogen-bond acceptors (Lipinski definition) is 8. The summed E-state index contributed by atoms with van der Waals surface area (Å²) in [6.07, 6.45) is 23.0. The molecule has 10 saturated carbocycles. The Hall–Kier alpha value is -2.12. The van der Waals surface area contributed by atoms with Crippen molar-refractivity contribution in [2.75, 3.05) is 0 Å². The Morgan fingerprint density at radius 3 is 1.31 bits per heavy atom. The van der Waals surface area contributed by atoms with Crippen molar-refractivity contribution in [3.8, 4) is 0 Å². The van der Waals surface area contributed by atoms with E-state index >= 15 is 0 Å². The predicted molar refractivity (Wildman–Crippen MR) is 233 cm³/mol. The summed E-state index contributed by atoms with van der Waals surface area (Å²) in [5.74, 6) is 7.55. The first-order chi connectivity index (χ1) is 29.0. The molecule has 0 aromatic heterocycles. The fourth-order valence-electron chi connectivity index (χ4n) is 16.5. The Morgan fingerprint density at radius 1 is 0.492 bits per heavy atom. The third-order valence-electron chi connectivity index (χ3n) is 20.5. The summed E-state index contributed by atoms with van der Waals surface area (Å²) in [5.41, 5.74) is -1.25. The molecule has 8 bridgehead atoms. The van der Waals surface area contributed by atoms with E-state index in [4.69, 9.17) is 18.9 Å². The first-order valence-corrected chi connectivity index (χ1v) is 25.9. The minimum absolute atomic E-state index is 0.0367. The Morgan fingerprint density at radius 2 is 0.885 bits per heavy atom. The fourth-order valence-corrected chi connectivity index (χ4v) is 16.5. The van der Waals surface area contributed by atoms with Crippen molar-refractivity contribution in [3.63, 3.8) is 0 Å². The number of ether oxygens (including phenoxy) is 4. The van der Waals surface area contributed by atoms with Crippen LogP contribution in [0.1, 0.15) is 190 Å². The fraction of sp³-hybridized carbons (Fsp3) is 0.925. The summed E-state index contributed by atoms with van der Waals surface area (Å²) in [4.78, 5) is 52.1. The normalized spacial score (nSPS) is 43.0. The van der Waals surface area contributed by atoms with Crippen molar-refractivity contribution in [2.45, 2.75) is 214 Å². The van der Waals surface area contributed by atoms with Gasteiger partial charge in [-0.3, -0.25) is 19.2 Å². The molecule has 10 aliphatic rings. The lowest BCUT2D eigenvalue weighted by Crippen LogP contribution is -2.45. The zero-order valence-corrected chi connectivity index (χ0v) is 39.4. The van der Waals surface area contributed by atoms with Gasteiger partial charge >= 0.3 is 23.9 Å². The molecule has 0 N–H and O–H groups in total. The monoisotopic (exact) mass is 847 g/mol. The van der Waals surface area contributed by atoms with E-state index in [1.165, 1.54) is 64.2 Å². The van der Waals surface area contributed by atoms with E-state index in [1.807, 2.05) is 27.7 Å². The third-order valence-corrected chi connectivity index (χ3v) is 20.5. The molecule has 16 atom stereocenters. The van der Waals surface area contributed by atoms with Crippen LogP contribution < -0.4 is 0 Å². The number of esters is 4. The van der Waals surface area contributed by atoms with Gasteiger partial charge < -0.3 is 18.9 Å². The van der Waals surface area contributed by atoms with Crippen molar-refractivity contribution >= 4 is 23.9 Å². The molecule has 0 radical (unpaired) electrons. The van der Waals surface area contributed by atoms with Crippen LogP contribution in [0.5, 0.6) is 0 Å². The predicted octanol–water partition coefficient (Wildman–Crippen LogP) is 11.4. The van der Waals surface area contributed by atoms with Crippen LogP contribution in [-0.2, 0) is 38.1 Å². The van der Waals surface area contributed by atoms with E-state index in [0.29, 0.717) is 59.2 Å². The molecule has 0 aromatic rings. The number of carbonyl (C=O) groups excluding carboxylic acids is 4. The van der Waals surface area contributed by atoms with Gasteiger partial charge in [0.25, 0.3) is 0 Å². The summed E-state index contributed by atoms with van der Waals surface area (Å²) in [6.45, 7) is 16.4. The van der Waals surface area contributed by atoms with Crippen molar-refractivity contribution in [1.82, 2.24) is 0 Å². The molecular weight excluding hydrogens is 765 g/mol. The van der Waals surface area contributed by atoms with Gasteiger partial charge in [0.05, 0.1) is 22.7 Å². The van der Waals surface area contributed by atoms with E-state index in [2.05, 4.69) is 27.7 Å². The SMILES string of the molecule is CCC(C)(C)C(=O)OC1CC2CC1C1C3CC(CC3C(=O)OC3(C)CCCCC3)C21.CCC1(OC(=O)C2CC3CC2C2C4CC(CC4OC(=O)C(C)(C)CC)C32)CCCCC1. The minimum Gasteiger partial charge on any atom is -0.462 e. The molecular formula is C53H82O8. The quantitative estimate of drug-likeness (QED) is 0.115. The van der Waals surface area contributed by atoms with Crippen LogP contribution in [0.4, 0.5) is 0 Å². The van der Waals surface area contributed by atoms with Crippen LogP contribution in [-0.4, -0.2) is 47.3 Å². The van der Waals surface area contributed by atoms with Crippen molar-refractivity contribution in [1.29, 1.82) is 0 Å². The molecule has 0 spiro atoms. The van der Waals surface area contributed by atoms with Crippen LogP contribution in [0.15, 0.2) is 0 Å². The van der Waals surface area contributed by atoms with Crippen LogP contribution in [0.3, 0.4) is 0 Å². The minimum atomic E-state index is -0.406. The van der Waals surface area contributed by atoms with Crippen LogP contribution in [0, 0.1) is 93.7 Å². The van der Waals surface area contributed by atoms with Crippen molar-refractivity contribution in [2.24, 2.45) is 93.7 Å². The van der Waals surface area contributed by atoms with Crippen molar-refractivity contribution in [3.05, 3.63) is 0 Å². The molecule has 8 nitrogen and oxygen atoms in total. The summed E-state index contributed by atoms with van der Waals surface area (Å²) < 4.78 is 24.7. The Labute approximate surface area is 368 Å². The van der Waals surface area contributed by atoms with Gasteiger partial charge in [0.15, 0.2) is 0 Å². The van der Waals surface area contributed by atoms with E-state index in [9.17, 15) is 19.2 Å². The number of fused-ring (bicyclic) bond motifs is 18. The summed E-state index contributed by atoms with van der Waals surface area (Å²) in [5, 5.41) is 0. The topological polar surface area (TPSA) is 105 Å². The average Bonchev–Trinajstić information content (AvgIpc) is 4.11. The molecule has 0 saturated heterocycles. The van der Waals surface area contributed by atoms with Gasteiger partial charge in [-0.25, -0.2) is 0 Å². The molecule has 10 aliphatic carbocycles. The first kappa shape index (κ1) is 44.1.